The van der Waals surface area contributed by atoms with Crippen molar-refractivity contribution in [1.82, 2.24) is 14.9 Å². The number of imidazole rings is 1. The highest BCUT2D eigenvalue weighted by atomic mass is 16.5. The lowest BCUT2D eigenvalue weighted by Crippen LogP contribution is -2.26. The molecule has 8 nitrogen and oxygen atoms in total. The number of fused-ring (bicyclic) bond motifs is 1. The summed E-state index contributed by atoms with van der Waals surface area (Å²) in [6.45, 7) is 1.49. The number of carbonyl (C=O) groups is 1. The van der Waals surface area contributed by atoms with Gasteiger partial charge in [-0.1, -0.05) is 24.3 Å². The second kappa shape index (κ2) is 11.3. The van der Waals surface area contributed by atoms with Crippen LogP contribution in [-0.4, -0.2) is 49.9 Å². The highest BCUT2D eigenvalue weighted by Crippen LogP contribution is 2.28. The molecule has 182 valence electrons. The third kappa shape index (κ3) is 5.48. The van der Waals surface area contributed by atoms with Gasteiger partial charge in [0, 0.05) is 18.5 Å². The van der Waals surface area contributed by atoms with E-state index in [4.69, 9.17) is 23.9 Å². The quantitative estimate of drug-likeness (QED) is 0.351. The van der Waals surface area contributed by atoms with Gasteiger partial charge >= 0.3 is 0 Å². The number of methoxy groups -OCH3 is 3. The van der Waals surface area contributed by atoms with E-state index in [0.29, 0.717) is 54.7 Å². The zero-order valence-corrected chi connectivity index (χ0v) is 20.1. The number of benzene rings is 3. The fourth-order valence-corrected chi connectivity index (χ4v) is 3.92. The number of amides is 1. The minimum Gasteiger partial charge on any atom is -0.493 e. The molecule has 4 aromatic rings. The molecule has 0 atom stereocenters. The van der Waals surface area contributed by atoms with Crippen molar-refractivity contribution in [3.8, 4) is 23.0 Å². The second-order valence-corrected chi connectivity index (χ2v) is 7.74. The van der Waals surface area contributed by atoms with Crippen LogP contribution >= 0.6 is 0 Å². The fourth-order valence-electron chi connectivity index (χ4n) is 3.92. The van der Waals surface area contributed by atoms with Crippen molar-refractivity contribution < 1.29 is 23.7 Å². The van der Waals surface area contributed by atoms with E-state index in [0.717, 1.165) is 16.9 Å². The van der Waals surface area contributed by atoms with E-state index in [2.05, 4.69) is 9.88 Å². The Morgan fingerprint density at radius 3 is 2.31 bits per heavy atom. The van der Waals surface area contributed by atoms with Crippen LogP contribution in [0.1, 0.15) is 16.2 Å². The molecule has 0 aliphatic rings. The summed E-state index contributed by atoms with van der Waals surface area (Å²) in [5.41, 5.74) is 2.43. The van der Waals surface area contributed by atoms with E-state index in [1.54, 1.807) is 39.5 Å². The largest absolute Gasteiger partial charge is 0.493 e. The lowest BCUT2D eigenvalue weighted by Gasteiger charge is -2.13. The molecule has 0 saturated carbocycles. The van der Waals surface area contributed by atoms with Gasteiger partial charge in [-0.3, -0.25) is 4.79 Å². The summed E-state index contributed by atoms with van der Waals surface area (Å²) in [5, 5.41) is 2.97. The molecule has 1 aromatic heterocycles. The molecular formula is C27H29N3O5. The summed E-state index contributed by atoms with van der Waals surface area (Å²) in [6.07, 6.45) is 0.572. The average molecular weight is 476 g/mol. The lowest BCUT2D eigenvalue weighted by atomic mass is 10.2. The van der Waals surface area contributed by atoms with Crippen molar-refractivity contribution in [3.63, 3.8) is 0 Å². The second-order valence-electron chi connectivity index (χ2n) is 7.74. The number of para-hydroxylation sites is 4. The van der Waals surface area contributed by atoms with Crippen molar-refractivity contribution >= 4 is 16.9 Å². The predicted octanol–water partition coefficient (Wildman–Crippen LogP) is 4.11. The fraction of sp³-hybridized carbons (Fsp3) is 0.259. The number of carbonyl (C=O) groups excluding carboxylic acids is 1. The molecule has 35 heavy (non-hydrogen) atoms. The monoisotopic (exact) mass is 475 g/mol. The van der Waals surface area contributed by atoms with Crippen molar-refractivity contribution in [1.29, 1.82) is 0 Å². The van der Waals surface area contributed by atoms with Gasteiger partial charge < -0.3 is 28.8 Å². The number of rotatable bonds is 11. The van der Waals surface area contributed by atoms with Crippen LogP contribution in [0, 0.1) is 0 Å². The minimum atomic E-state index is -0.187. The first-order valence-electron chi connectivity index (χ1n) is 11.3. The van der Waals surface area contributed by atoms with Crippen LogP contribution in [0.2, 0.25) is 0 Å². The maximum absolute atomic E-state index is 12.7. The molecule has 8 heteroatoms. The molecule has 1 amide bonds. The molecule has 4 rings (SSSR count). The maximum atomic E-state index is 12.7. The Balaban J connectivity index is 1.43. The number of ether oxygens (including phenoxy) is 4. The van der Waals surface area contributed by atoms with Gasteiger partial charge in [0.25, 0.3) is 5.91 Å². The minimum absolute atomic E-state index is 0.187. The van der Waals surface area contributed by atoms with Crippen LogP contribution in [0.3, 0.4) is 0 Å². The van der Waals surface area contributed by atoms with Crippen LogP contribution in [0.25, 0.3) is 11.0 Å². The van der Waals surface area contributed by atoms with Gasteiger partial charge in [-0.15, -0.1) is 0 Å². The standard InChI is InChI=1S/C27H29N3O5/c1-32-22-10-6-7-11-24(22)35-17-16-30-21-9-5-4-8-20(21)29-26(30)14-15-28-27(31)19-12-13-23(33-2)25(18-19)34-3/h4-13,18H,14-17H2,1-3H3,(H,28,31). The predicted molar refractivity (Wildman–Crippen MR) is 134 cm³/mol. The summed E-state index contributed by atoms with van der Waals surface area (Å²) >= 11 is 0. The maximum Gasteiger partial charge on any atom is 0.251 e. The zero-order chi connectivity index (χ0) is 24.6. The number of nitrogens with zero attached hydrogens (tertiary/aromatic N) is 2. The average Bonchev–Trinajstić information content (AvgIpc) is 3.25. The zero-order valence-electron chi connectivity index (χ0n) is 20.1. The van der Waals surface area contributed by atoms with Gasteiger partial charge in [-0.2, -0.15) is 0 Å². The molecule has 0 unspecified atom stereocenters. The van der Waals surface area contributed by atoms with Gasteiger partial charge in [0.2, 0.25) is 0 Å². The summed E-state index contributed by atoms with van der Waals surface area (Å²) in [5.74, 6) is 3.17. The van der Waals surface area contributed by atoms with Crippen LogP contribution in [-0.2, 0) is 13.0 Å². The SMILES string of the molecule is COc1ccc(C(=O)NCCc2nc3ccccc3n2CCOc2ccccc2OC)cc1OC. The Labute approximate surface area is 204 Å². The first-order chi connectivity index (χ1) is 17.1. The molecule has 1 N–H and O–H groups in total. The van der Waals surface area contributed by atoms with Gasteiger partial charge in [0.1, 0.15) is 12.4 Å². The molecule has 0 radical (unpaired) electrons. The van der Waals surface area contributed by atoms with E-state index < -0.39 is 0 Å². The number of hydrogen-bond acceptors (Lipinski definition) is 6. The van der Waals surface area contributed by atoms with Gasteiger partial charge in [0.05, 0.1) is 38.9 Å². The first-order valence-corrected chi connectivity index (χ1v) is 11.3. The topological polar surface area (TPSA) is 83.8 Å². The molecule has 0 aliphatic carbocycles. The van der Waals surface area contributed by atoms with Gasteiger partial charge in [0.15, 0.2) is 23.0 Å². The number of hydrogen-bond donors (Lipinski definition) is 1. The van der Waals surface area contributed by atoms with Crippen LogP contribution in [0.15, 0.2) is 66.7 Å². The third-order valence-electron chi connectivity index (χ3n) is 5.66. The van der Waals surface area contributed by atoms with E-state index in [1.165, 1.54) is 0 Å². The number of nitrogens with one attached hydrogen (secondary N) is 1. The molecule has 0 bridgehead atoms. The van der Waals surface area contributed by atoms with Crippen molar-refractivity contribution in [2.45, 2.75) is 13.0 Å². The summed E-state index contributed by atoms with van der Waals surface area (Å²) in [4.78, 5) is 17.5. The van der Waals surface area contributed by atoms with Gasteiger partial charge in [-0.25, -0.2) is 4.98 Å². The highest BCUT2D eigenvalue weighted by Gasteiger charge is 2.14. The summed E-state index contributed by atoms with van der Waals surface area (Å²) in [7, 11) is 4.73. The van der Waals surface area contributed by atoms with E-state index in [-0.39, 0.29) is 5.91 Å². The highest BCUT2D eigenvalue weighted by molar-refractivity contribution is 5.94. The summed E-state index contributed by atoms with van der Waals surface area (Å²) < 4.78 is 24.0. The smallest absolute Gasteiger partial charge is 0.251 e. The van der Waals surface area contributed by atoms with Crippen molar-refractivity contribution in [2.75, 3.05) is 34.5 Å². The van der Waals surface area contributed by atoms with E-state index in [9.17, 15) is 4.79 Å². The van der Waals surface area contributed by atoms with Crippen molar-refractivity contribution in [3.05, 3.63) is 78.1 Å². The molecule has 1 heterocycles. The number of aromatic nitrogens is 2. The molecule has 0 saturated heterocycles. The van der Waals surface area contributed by atoms with Gasteiger partial charge in [-0.05, 0) is 42.5 Å². The molecule has 0 spiro atoms. The van der Waals surface area contributed by atoms with Crippen LogP contribution in [0.4, 0.5) is 0 Å². The Morgan fingerprint density at radius 2 is 1.54 bits per heavy atom. The Hall–Kier alpha value is -4.20. The molecule has 0 aliphatic heterocycles. The molecular weight excluding hydrogens is 446 g/mol. The molecule has 3 aromatic carbocycles. The van der Waals surface area contributed by atoms with E-state index in [1.807, 2.05) is 48.5 Å². The lowest BCUT2D eigenvalue weighted by molar-refractivity contribution is 0.0953. The molecule has 0 fully saturated rings. The Morgan fingerprint density at radius 1 is 0.857 bits per heavy atom. The Bertz CT molecular complexity index is 1300. The third-order valence-corrected chi connectivity index (χ3v) is 5.66. The van der Waals surface area contributed by atoms with Crippen LogP contribution in [0.5, 0.6) is 23.0 Å². The van der Waals surface area contributed by atoms with Crippen LogP contribution < -0.4 is 24.3 Å². The van der Waals surface area contributed by atoms with Crippen molar-refractivity contribution in [2.24, 2.45) is 0 Å². The van der Waals surface area contributed by atoms with E-state index >= 15 is 0 Å². The Kier molecular flexibility index (Phi) is 7.72. The summed E-state index contributed by atoms with van der Waals surface area (Å²) in [6, 6.07) is 20.6. The normalized spacial score (nSPS) is 10.7. The first kappa shape index (κ1) is 23.9.